The standard InChI is InChI=1S/C20H24FN3O/c1-16-6-2-3-7-17(16)14-22-20(25)24-12-10-23(11-13-24)15-18-8-4-5-9-19(18)21/h2-9H,10-15H2,1H3,(H,22,25). The molecule has 0 unspecified atom stereocenters. The van der Waals surface area contributed by atoms with E-state index in [-0.39, 0.29) is 11.8 Å². The second kappa shape index (κ2) is 8.12. The van der Waals surface area contributed by atoms with Crippen LogP contribution in [0, 0.1) is 12.7 Å². The number of urea groups is 1. The van der Waals surface area contributed by atoms with Crippen molar-refractivity contribution in [2.75, 3.05) is 26.2 Å². The highest BCUT2D eigenvalue weighted by atomic mass is 19.1. The van der Waals surface area contributed by atoms with Gasteiger partial charge >= 0.3 is 6.03 Å². The van der Waals surface area contributed by atoms with Gasteiger partial charge in [0.25, 0.3) is 0 Å². The molecule has 1 fully saturated rings. The molecule has 5 heteroatoms. The number of halogens is 1. The molecular formula is C20H24FN3O. The maximum atomic E-state index is 13.7. The summed E-state index contributed by atoms with van der Waals surface area (Å²) in [5.74, 6) is -0.166. The Hall–Kier alpha value is -2.40. The highest BCUT2D eigenvalue weighted by Crippen LogP contribution is 2.12. The van der Waals surface area contributed by atoms with Gasteiger partial charge in [0.05, 0.1) is 0 Å². The van der Waals surface area contributed by atoms with Crippen molar-refractivity contribution >= 4 is 6.03 Å². The maximum absolute atomic E-state index is 13.7. The molecular weight excluding hydrogens is 317 g/mol. The van der Waals surface area contributed by atoms with Crippen molar-refractivity contribution in [3.05, 3.63) is 71.0 Å². The lowest BCUT2D eigenvalue weighted by Gasteiger charge is -2.34. The number of hydrogen-bond donors (Lipinski definition) is 1. The van der Waals surface area contributed by atoms with Gasteiger partial charge in [0.1, 0.15) is 5.82 Å². The molecule has 1 aliphatic rings. The molecule has 0 spiro atoms. The Kier molecular flexibility index (Phi) is 5.66. The van der Waals surface area contributed by atoms with Crippen molar-refractivity contribution in [3.8, 4) is 0 Å². The van der Waals surface area contributed by atoms with Crippen LogP contribution in [0.3, 0.4) is 0 Å². The van der Waals surface area contributed by atoms with E-state index in [2.05, 4.69) is 10.2 Å². The van der Waals surface area contributed by atoms with Crippen molar-refractivity contribution in [1.82, 2.24) is 15.1 Å². The molecule has 25 heavy (non-hydrogen) atoms. The molecule has 132 valence electrons. The van der Waals surface area contributed by atoms with Crippen LogP contribution >= 0.6 is 0 Å². The number of carbonyl (C=O) groups excluding carboxylic acids is 1. The van der Waals surface area contributed by atoms with Crippen LogP contribution in [0.1, 0.15) is 16.7 Å². The highest BCUT2D eigenvalue weighted by molar-refractivity contribution is 5.74. The predicted octanol–water partition coefficient (Wildman–Crippen LogP) is 3.16. The van der Waals surface area contributed by atoms with Gasteiger partial charge < -0.3 is 10.2 Å². The summed E-state index contributed by atoms with van der Waals surface area (Å²) in [5, 5.41) is 2.99. The van der Waals surface area contributed by atoms with Gasteiger partial charge in [-0.3, -0.25) is 4.90 Å². The molecule has 3 rings (SSSR count). The number of benzene rings is 2. The second-order valence-electron chi connectivity index (χ2n) is 6.44. The van der Waals surface area contributed by atoms with E-state index in [9.17, 15) is 9.18 Å². The molecule has 2 aromatic rings. The average molecular weight is 341 g/mol. The minimum Gasteiger partial charge on any atom is -0.334 e. The SMILES string of the molecule is Cc1ccccc1CNC(=O)N1CCN(Cc2ccccc2F)CC1. The monoisotopic (exact) mass is 341 g/mol. The highest BCUT2D eigenvalue weighted by Gasteiger charge is 2.21. The molecule has 1 saturated heterocycles. The zero-order chi connectivity index (χ0) is 17.6. The first-order valence-electron chi connectivity index (χ1n) is 8.66. The van der Waals surface area contributed by atoms with Gasteiger partial charge in [-0.15, -0.1) is 0 Å². The van der Waals surface area contributed by atoms with Crippen molar-refractivity contribution < 1.29 is 9.18 Å². The molecule has 0 aliphatic carbocycles. The van der Waals surface area contributed by atoms with Gasteiger partial charge in [0.15, 0.2) is 0 Å². The Morgan fingerprint density at radius 3 is 2.32 bits per heavy atom. The van der Waals surface area contributed by atoms with Crippen LogP contribution in [-0.4, -0.2) is 42.0 Å². The molecule has 1 aliphatic heterocycles. The summed E-state index contributed by atoms with van der Waals surface area (Å²) < 4.78 is 13.7. The third-order valence-electron chi connectivity index (χ3n) is 4.70. The molecule has 0 atom stereocenters. The average Bonchev–Trinajstić information content (AvgIpc) is 2.63. The third-order valence-corrected chi connectivity index (χ3v) is 4.70. The fourth-order valence-electron chi connectivity index (χ4n) is 3.07. The maximum Gasteiger partial charge on any atom is 0.317 e. The lowest BCUT2D eigenvalue weighted by atomic mass is 10.1. The summed E-state index contributed by atoms with van der Waals surface area (Å²) in [5.41, 5.74) is 3.02. The molecule has 0 aromatic heterocycles. The summed E-state index contributed by atoms with van der Waals surface area (Å²) in [7, 11) is 0. The first-order chi connectivity index (χ1) is 12.1. The molecule has 4 nitrogen and oxygen atoms in total. The van der Waals surface area contributed by atoms with Crippen molar-refractivity contribution in [2.24, 2.45) is 0 Å². The summed E-state index contributed by atoms with van der Waals surface area (Å²) in [6.07, 6.45) is 0. The van der Waals surface area contributed by atoms with Crippen molar-refractivity contribution in [1.29, 1.82) is 0 Å². The largest absolute Gasteiger partial charge is 0.334 e. The van der Waals surface area contributed by atoms with E-state index in [1.54, 1.807) is 6.07 Å². The van der Waals surface area contributed by atoms with Gasteiger partial charge in [-0.05, 0) is 24.1 Å². The van der Waals surface area contributed by atoms with Gasteiger partial charge in [-0.25, -0.2) is 9.18 Å². The number of nitrogens with zero attached hydrogens (tertiary/aromatic N) is 2. The normalized spacial score (nSPS) is 15.2. The van der Waals surface area contributed by atoms with E-state index in [1.807, 2.05) is 48.2 Å². The Bertz CT molecular complexity index is 726. The van der Waals surface area contributed by atoms with E-state index >= 15 is 0 Å². The first-order valence-corrected chi connectivity index (χ1v) is 8.66. The summed E-state index contributed by atoms with van der Waals surface area (Å²) in [6, 6.07) is 14.9. The quantitative estimate of drug-likeness (QED) is 0.927. The summed E-state index contributed by atoms with van der Waals surface area (Å²) in [4.78, 5) is 16.4. The predicted molar refractivity (Wildman–Crippen MR) is 96.7 cm³/mol. The molecule has 0 saturated carbocycles. The fourth-order valence-corrected chi connectivity index (χ4v) is 3.07. The van der Waals surface area contributed by atoms with E-state index in [0.29, 0.717) is 31.7 Å². The zero-order valence-corrected chi connectivity index (χ0v) is 14.5. The Morgan fingerprint density at radius 1 is 1.00 bits per heavy atom. The van der Waals surface area contributed by atoms with Gasteiger partial charge in [0, 0.05) is 44.8 Å². The topological polar surface area (TPSA) is 35.6 Å². The van der Waals surface area contributed by atoms with Crippen LogP contribution in [0.2, 0.25) is 0 Å². The van der Waals surface area contributed by atoms with Crippen LogP contribution in [0.5, 0.6) is 0 Å². The number of aryl methyl sites for hydroxylation is 1. The van der Waals surface area contributed by atoms with Crippen LogP contribution in [0.25, 0.3) is 0 Å². The molecule has 1 heterocycles. The van der Waals surface area contributed by atoms with Gasteiger partial charge in [0.2, 0.25) is 0 Å². The number of amides is 2. The van der Waals surface area contributed by atoms with E-state index < -0.39 is 0 Å². The second-order valence-corrected chi connectivity index (χ2v) is 6.44. The number of carbonyl (C=O) groups is 1. The molecule has 2 amide bonds. The summed E-state index contributed by atoms with van der Waals surface area (Å²) >= 11 is 0. The minimum atomic E-state index is -0.166. The zero-order valence-electron chi connectivity index (χ0n) is 14.5. The lowest BCUT2D eigenvalue weighted by Crippen LogP contribution is -2.51. The van der Waals surface area contributed by atoms with E-state index in [4.69, 9.17) is 0 Å². The number of piperazine rings is 1. The van der Waals surface area contributed by atoms with Crippen LogP contribution < -0.4 is 5.32 Å². The van der Waals surface area contributed by atoms with Gasteiger partial charge in [-0.1, -0.05) is 42.5 Å². The number of rotatable bonds is 4. The summed E-state index contributed by atoms with van der Waals surface area (Å²) in [6.45, 7) is 6.01. The molecule has 0 bridgehead atoms. The lowest BCUT2D eigenvalue weighted by molar-refractivity contribution is 0.134. The van der Waals surface area contributed by atoms with Gasteiger partial charge in [-0.2, -0.15) is 0 Å². The van der Waals surface area contributed by atoms with Crippen molar-refractivity contribution in [3.63, 3.8) is 0 Å². The number of hydrogen-bond acceptors (Lipinski definition) is 2. The Morgan fingerprint density at radius 2 is 1.64 bits per heavy atom. The number of nitrogens with one attached hydrogen (secondary N) is 1. The Labute approximate surface area is 148 Å². The minimum absolute atomic E-state index is 0.0335. The molecule has 0 radical (unpaired) electrons. The van der Waals surface area contributed by atoms with E-state index in [1.165, 1.54) is 11.6 Å². The smallest absolute Gasteiger partial charge is 0.317 e. The van der Waals surface area contributed by atoms with Crippen LogP contribution in [0.15, 0.2) is 48.5 Å². The Balaban J connectivity index is 1.46. The third kappa shape index (κ3) is 4.57. The first kappa shape index (κ1) is 17.4. The molecule has 1 N–H and O–H groups in total. The van der Waals surface area contributed by atoms with E-state index in [0.717, 1.165) is 18.7 Å². The van der Waals surface area contributed by atoms with Crippen LogP contribution in [-0.2, 0) is 13.1 Å². The molecule has 2 aromatic carbocycles. The van der Waals surface area contributed by atoms with Crippen molar-refractivity contribution in [2.45, 2.75) is 20.0 Å². The fraction of sp³-hybridized carbons (Fsp3) is 0.350. The van der Waals surface area contributed by atoms with Crippen LogP contribution in [0.4, 0.5) is 9.18 Å².